The van der Waals surface area contributed by atoms with E-state index < -0.39 is 0 Å². The van der Waals surface area contributed by atoms with Crippen LogP contribution < -0.4 is 10.5 Å². The molecule has 1 aromatic carbocycles. The van der Waals surface area contributed by atoms with Crippen LogP contribution in [0.4, 0.5) is 0 Å². The molecule has 106 valence electrons. The molecule has 1 fully saturated rings. The van der Waals surface area contributed by atoms with Gasteiger partial charge in [-0.05, 0) is 56.9 Å². The number of nitrogens with one attached hydrogen (secondary N) is 1. The normalized spacial score (nSPS) is 15.7. The number of nitrogens with two attached hydrogens (primary N) is 1. The average molecular weight is 271 g/mol. The molecule has 0 radical (unpaired) electrons. The summed E-state index contributed by atoms with van der Waals surface area (Å²) in [6.45, 7) is 2.45. The van der Waals surface area contributed by atoms with E-state index in [2.05, 4.69) is 22.1 Å². The molecule has 1 aliphatic carbocycles. The molecule has 4 nitrogen and oxygen atoms in total. The van der Waals surface area contributed by atoms with Crippen molar-refractivity contribution in [1.82, 2.24) is 9.97 Å². The van der Waals surface area contributed by atoms with E-state index >= 15 is 0 Å². The van der Waals surface area contributed by atoms with Crippen molar-refractivity contribution in [3.05, 3.63) is 35.8 Å². The smallest absolute Gasteiger partial charge is 0.120 e. The van der Waals surface area contributed by atoms with Gasteiger partial charge in [0.2, 0.25) is 0 Å². The third kappa shape index (κ3) is 2.70. The lowest BCUT2D eigenvalue weighted by atomic mass is 10.1. The first-order valence-corrected chi connectivity index (χ1v) is 7.29. The van der Waals surface area contributed by atoms with Crippen molar-refractivity contribution >= 4 is 0 Å². The number of hydrogen-bond donors (Lipinski definition) is 2. The summed E-state index contributed by atoms with van der Waals surface area (Å²) in [6, 6.07) is 8.19. The monoisotopic (exact) mass is 271 g/mol. The maximum absolute atomic E-state index is 5.97. The van der Waals surface area contributed by atoms with Crippen molar-refractivity contribution < 1.29 is 4.74 Å². The van der Waals surface area contributed by atoms with E-state index in [4.69, 9.17) is 10.5 Å². The van der Waals surface area contributed by atoms with Crippen LogP contribution in [0.1, 0.15) is 37.2 Å². The van der Waals surface area contributed by atoms with Gasteiger partial charge in [0.15, 0.2) is 0 Å². The van der Waals surface area contributed by atoms with E-state index in [9.17, 15) is 0 Å². The van der Waals surface area contributed by atoms with Crippen molar-refractivity contribution in [3.8, 4) is 17.0 Å². The number of aromatic nitrogens is 2. The molecule has 1 heterocycles. The molecule has 1 aromatic heterocycles. The second-order valence-corrected chi connectivity index (χ2v) is 5.41. The van der Waals surface area contributed by atoms with Gasteiger partial charge >= 0.3 is 0 Å². The predicted octanol–water partition coefficient (Wildman–Crippen LogP) is 3.17. The Morgan fingerprint density at radius 3 is 2.55 bits per heavy atom. The Morgan fingerprint density at radius 2 is 1.95 bits per heavy atom. The van der Waals surface area contributed by atoms with E-state index in [0.29, 0.717) is 12.6 Å². The molecule has 0 bridgehead atoms. The zero-order valence-corrected chi connectivity index (χ0v) is 11.9. The largest absolute Gasteiger partial charge is 0.490 e. The van der Waals surface area contributed by atoms with Crippen molar-refractivity contribution in [2.24, 2.45) is 5.73 Å². The van der Waals surface area contributed by atoms with Crippen LogP contribution in [0.3, 0.4) is 0 Å². The fourth-order valence-electron chi connectivity index (χ4n) is 2.79. The summed E-state index contributed by atoms with van der Waals surface area (Å²) < 4.78 is 5.97. The fourth-order valence-corrected chi connectivity index (χ4v) is 2.79. The summed E-state index contributed by atoms with van der Waals surface area (Å²) in [5.74, 6) is 1.77. The van der Waals surface area contributed by atoms with Crippen molar-refractivity contribution in [2.45, 2.75) is 45.3 Å². The Labute approximate surface area is 119 Å². The topological polar surface area (TPSA) is 63.9 Å². The van der Waals surface area contributed by atoms with Crippen LogP contribution in [-0.4, -0.2) is 16.1 Å². The molecule has 3 N–H and O–H groups in total. The van der Waals surface area contributed by atoms with Gasteiger partial charge in [-0.2, -0.15) is 0 Å². The summed E-state index contributed by atoms with van der Waals surface area (Å²) in [7, 11) is 0. The number of imidazole rings is 1. The van der Waals surface area contributed by atoms with E-state index in [-0.39, 0.29) is 0 Å². The highest BCUT2D eigenvalue weighted by atomic mass is 16.5. The molecule has 0 saturated heterocycles. The van der Waals surface area contributed by atoms with Crippen LogP contribution >= 0.6 is 0 Å². The molecule has 0 aliphatic heterocycles. The van der Waals surface area contributed by atoms with Crippen LogP contribution in [-0.2, 0) is 6.54 Å². The SMILES string of the molecule is Cc1[nH]c(CN)nc1-c1ccc(OC2CCCC2)cc1. The zero-order chi connectivity index (χ0) is 13.9. The Bertz CT molecular complexity index is 568. The number of aromatic amines is 1. The van der Waals surface area contributed by atoms with E-state index in [1.54, 1.807) is 0 Å². The number of rotatable bonds is 4. The van der Waals surface area contributed by atoms with Gasteiger partial charge in [-0.3, -0.25) is 0 Å². The Kier molecular flexibility index (Phi) is 3.74. The van der Waals surface area contributed by atoms with Crippen LogP contribution in [0.2, 0.25) is 0 Å². The number of hydrogen-bond acceptors (Lipinski definition) is 3. The van der Waals surface area contributed by atoms with Gasteiger partial charge in [-0.25, -0.2) is 4.98 Å². The number of nitrogens with zero attached hydrogens (tertiary/aromatic N) is 1. The third-order valence-electron chi connectivity index (χ3n) is 3.86. The van der Waals surface area contributed by atoms with Gasteiger partial charge in [-0.15, -0.1) is 0 Å². The molecule has 3 rings (SSSR count). The fraction of sp³-hybridized carbons (Fsp3) is 0.438. The summed E-state index contributed by atoms with van der Waals surface area (Å²) >= 11 is 0. The maximum Gasteiger partial charge on any atom is 0.120 e. The minimum atomic E-state index is 0.400. The molecule has 0 atom stereocenters. The standard InChI is InChI=1S/C16H21N3O/c1-11-16(19-15(10-17)18-11)12-6-8-14(9-7-12)20-13-4-2-3-5-13/h6-9,13H,2-5,10,17H2,1H3,(H,18,19). The number of ether oxygens (including phenoxy) is 1. The molecule has 1 aliphatic rings. The van der Waals surface area contributed by atoms with Crippen LogP contribution in [0, 0.1) is 6.92 Å². The van der Waals surface area contributed by atoms with Gasteiger partial charge < -0.3 is 15.5 Å². The first-order chi connectivity index (χ1) is 9.76. The third-order valence-corrected chi connectivity index (χ3v) is 3.86. The van der Waals surface area contributed by atoms with Gasteiger partial charge in [0, 0.05) is 11.3 Å². The van der Waals surface area contributed by atoms with Gasteiger partial charge in [0.05, 0.1) is 18.3 Å². The minimum Gasteiger partial charge on any atom is -0.490 e. The lowest BCUT2D eigenvalue weighted by molar-refractivity contribution is 0.210. The lowest BCUT2D eigenvalue weighted by Crippen LogP contribution is -2.10. The van der Waals surface area contributed by atoms with Gasteiger partial charge in [0.1, 0.15) is 11.6 Å². The highest BCUT2D eigenvalue weighted by Crippen LogP contribution is 2.27. The molecule has 2 aromatic rings. The first-order valence-electron chi connectivity index (χ1n) is 7.29. The summed E-state index contributed by atoms with van der Waals surface area (Å²) in [5.41, 5.74) is 8.73. The molecule has 0 amide bonds. The average Bonchev–Trinajstić information content (AvgIpc) is 3.09. The molecule has 0 spiro atoms. The second-order valence-electron chi connectivity index (χ2n) is 5.41. The Hall–Kier alpha value is -1.81. The van der Waals surface area contributed by atoms with E-state index in [1.807, 2.05) is 19.1 Å². The lowest BCUT2D eigenvalue weighted by Gasteiger charge is -2.13. The molecule has 4 heteroatoms. The Morgan fingerprint density at radius 1 is 1.25 bits per heavy atom. The summed E-state index contributed by atoms with van der Waals surface area (Å²) in [4.78, 5) is 7.71. The number of aryl methyl sites for hydroxylation is 1. The van der Waals surface area contributed by atoms with E-state index in [0.717, 1.165) is 28.5 Å². The molecule has 20 heavy (non-hydrogen) atoms. The van der Waals surface area contributed by atoms with Gasteiger partial charge in [0.25, 0.3) is 0 Å². The highest BCUT2D eigenvalue weighted by Gasteiger charge is 2.16. The second kappa shape index (κ2) is 5.67. The van der Waals surface area contributed by atoms with E-state index in [1.165, 1.54) is 25.7 Å². The minimum absolute atomic E-state index is 0.400. The summed E-state index contributed by atoms with van der Waals surface area (Å²) in [6.07, 6.45) is 5.34. The molecular formula is C16H21N3O. The quantitative estimate of drug-likeness (QED) is 0.897. The Balaban J connectivity index is 1.76. The van der Waals surface area contributed by atoms with Crippen LogP contribution in [0.5, 0.6) is 5.75 Å². The predicted molar refractivity (Wildman–Crippen MR) is 79.5 cm³/mol. The number of benzene rings is 1. The van der Waals surface area contributed by atoms with Gasteiger partial charge in [-0.1, -0.05) is 0 Å². The first kappa shape index (κ1) is 13.2. The van der Waals surface area contributed by atoms with Crippen molar-refractivity contribution in [2.75, 3.05) is 0 Å². The zero-order valence-electron chi connectivity index (χ0n) is 11.9. The van der Waals surface area contributed by atoms with Crippen LogP contribution in [0.15, 0.2) is 24.3 Å². The molecule has 1 saturated carbocycles. The number of H-pyrrole nitrogens is 1. The molecular weight excluding hydrogens is 250 g/mol. The van der Waals surface area contributed by atoms with Crippen molar-refractivity contribution in [3.63, 3.8) is 0 Å². The summed E-state index contributed by atoms with van der Waals surface area (Å²) in [5, 5.41) is 0. The van der Waals surface area contributed by atoms with Crippen molar-refractivity contribution in [1.29, 1.82) is 0 Å². The highest BCUT2D eigenvalue weighted by molar-refractivity contribution is 5.62. The maximum atomic E-state index is 5.97. The van der Waals surface area contributed by atoms with Crippen LogP contribution in [0.25, 0.3) is 11.3 Å². The molecule has 0 unspecified atom stereocenters.